The normalized spacial score (nSPS) is 10.6. The number of aliphatic hydroxyl groups excluding tert-OH is 2. The highest BCUT2D eigenvalue weighted by atomic mass is 35.5. The second-order valence-electron chi connectivity index (χ2n) is 3.12. The molecule has 1 rings (SSSR count). The van der Waals surface area contributed by atoms with Crippen LogP contribution in [0.2, 0.25) is 5.02 Å². The average molecular weight is 216 g/mol. The van der Waals surface area contributed by atoms with Gasteiger partial charge in [0.25, 0.3) is 0 Å². The van der Waals surface area contributed by atoms with Crippen LogP contribution in [0.5, 0.6) is 0 Å². The maximum Gasteiger partial charge on any atom is 0.0723 e. The number of anilines is 1. The summed E-state index contributed by atoms with van der Waals surface area (Å²) in [4.78, 5) is 0. The van der Waals surface area contributed by atoms with Gasteiger partial charge in [0.1, 0.15) is 0 Å². The molecular formula is C10H14ClNO2. The van der Waals surface area contributed by atoms with Crippen molar-refractivity contribution in [3.8, 4) is 0 Å². The zero-order valence-electron chi connectivity index (χ0n) is 8.00. The predicted octanol–water partition coefficient (Wildman–Crippen LogP) is 1.41. The number of benzene rings is 1. The van der Waals surface area contributed by atoms with E-state index < -0.39 is 0 Å². The molecular weight excluding hydrogens is 202 g/mol. The minimum absolute atomic E-state index is 0.109. The third kappa shape index (κ3) is 2.61. The predicted molar refractivity (Wildman–Crippen MR) is 57.8 cm³/mol. The van der Waals surface area contributed by atoms with Crippen LogP contribution in [0.3, 0.4) is 0 Å². The summed E-state index contributed by atoms with van der Waals surface area (Å²) in [5, 5.41) is 21.5. The van der Waals surface area contributed by atoms with E-state index in [-0.39, 0.29) is 19.3 Å². The molecule has 3 N–H and O–H groups in total. The molecule has 0 radical (unpaired) electrons. The lowest BCUT2D eigenvalue weighted by Crippen LogP contribution is -2.27. The zero-order valence-corrected chi connectivity index (χ0v) is 8.75. The Bertz CT molecular complexity index is 300. The van der Waals surface area contributed by atoms with Gasteiger partial charge >= 0.3 is 0 Å². The molecule has 0 aliphatic heterocycles. The fourth-order valence-electron chi connectivity index (χ4n) is 1.13. The Morgan fingerprint density at radius 1 is 1.36 bits per heavy atom. The van der Waals surface area contributed by atoms with Gasteiger partial charge in [-0.2, -0.15) is 0 Å². The van der Waals surface area contributed by atoms with E-state index in [1.165, 1.54) is 0 Å². The van der Waals surface area contributed by atoms with Gasteiger partial charge in [-0.05, 0) is 24.6 Å². The number of aliphatic hydroxyl groups is 2. The standard InChI is InChI=1S/C10H14ClNO2/c1-7-9(11)3-2-4-10(7)12-8(5-13)6-14/h2-4,8,12-14H,5-6H2,1H3. The van der Waals surface area contributed by atoms with Gasteiger partial charge in [0, 0.05) is 10.7 Å². The lowest BCUT2D eigenvalue weighted by atomic mass is 10.2. The molecule has 1 aromatic rings. The third-order valence-electron chi connectivity index (χ3n) is 2.07. The van der Waals surface area contributed by atoms with Crippen LogP contribution >= 0.6 is 11.6 Å². The number of hydrogen-bond acceptors (Lipinski definition) is 3. The lowest BCUT2D eigenvalue weighted by molar-refractivity contribution is 0.204. The van der Waals surface area contributed by atoms with Crippen LogP contribution in [0.15, 0.2) is 18.2 Å². The van der Waals surface area contributed by atoms with Crippen LogP contribution in [0.25, 0.3) is 0 Å². The fraction of sp³-hybridized carbons (Fsp3) is 0.400. The smallest absolute Gasteiger partial charge is 0.0723 e. The first-order valence-corrected chi connectivity index (χ1v) is 4.80. The van der Waals surface area contributed by atoms with Crippen molar-refractivity contribution in [1.29, 1.82) is 0 Å². The first-order chi connectivity index (χ1) is 6.69. The quantitative estimate of drug-likeness (QED) is 0.712. The lowest BCUT2D eigenvalue weighted by Gasteiger charge is -2.17. The van der Waals surface area contributed by atoms with Crippen molar-refractivity contribution in [2.45, 2.75) is 13.0 Å². The molecule has 3 nitrogen and oxygen atoms in total. The number of halogens is 1. The van der Waals surface area contributed by atoms with Crippen LogP contribution in [0.1, 0.15) is 5.56 Å². The topological polar surface area (TPSA) is 52.5 Å². The summed E-state index contributed by atoms with van der Waals surface area (Å²) in [6, 6.07) is 5.14. The van der Waals surface area contributed by atoms with E-state index >= 15 is 0 Å². The molecule has 0 bridgehead atoms. The summed E-state index contributed by atoms with van der Waals surface area (Å²) in [5.41, 5.74) is 1.76. The Balaban J connectivity index is 2.80. The summed E-state index contributed by atoms with van der Waals surface area (Å²) in [7, 11) is 0. The first-order valence-electron chi connectivity index (χ1n) is 4.42. The molecule has 1 aromatic carbocycles. The molecule has 4 heteroatoms. The highest BCUT2D eigenvalue weighted by Crippen LogP contribution is 2.23. The van der Waals surface area contributed by atoms with Gasteiger partial charge in [0.05, 0.1) is 19.3 Å². The molecule has 0 saturated carbocycles. The zero-order chi connectivity index (χ0) is 10.6. The Labute approximate surface area is 88.3 Å². The largest absolute Gasteiger partial charge is 0.394 e. The van der Waals surface area contributed by atoms with E-state index in [9.17, 15) is 0 Å². The van der Waals surface area contributed by atoms with Crippen molar-refractivity contribution >= 4 is 17.3 Å². The van der Waals surface area contributed by atoms with Gasteiger partial charge in [0.2, 0.25) is 0 Å². The van der Waals surface area contributed by atoms with Crippen LogP contribution < -0.4 is 5.32 Å². The summed E-state index contributed by atoms with van der Waals surface area (Å²) in [5.74, 6) is 0. The number of nitrogens with one attached hydrogen (secondary N) is 1. The first kappa shape index (κ1) is 11.3. The third-order valence-corrected chi connectivity index (χ3v) is 2.48. The molecule has 0 saturated heterocycles. The minimum Gasteiger partial charge on any atom is -0.394 e. The van der Waals surface area contributed by atoms with Gasteiger partial charge in [-0.25, -0.2) is 0 Å². The molecule has 0 amide bonds. The van der Waals surface area contributed by atoms with Crippen molar-refractivity contribution in [3.63, 3.8) is 0 Å². The Morgan fingerprint density at radius 2 is 2.00 bits per heavy atom. The fourth-order valence-corrected chi connectivity index (χ4v) is 1.31. The van der Waals surface area contributed by atoms with Crippen LogP contribution in [0, 0.1) is 6.92 Å². The second kappa shape index (κ2) is 5.20. The van der Waals surface area contributed by atoms with Gasteiger partial charge < -0.3 is 15.5 Å². The summed E-state index contributed by atoms with van der Waals surface area (Å²) in [6.07, 6.45) is 0. The van der Waals surface area contributed by atoms with Crippen LogP contribution in [0.4, 0.5) is 5.69 Å². The highest BCUT2D eigenvalue weighted by Gasteiger charge is 2.07. The highest BCUT2D eigenvalue weighted by molar-refractivity contribution is 6.31. The Kier molecular flexibility index (Phi) is 4.20. The maximum absolute atomic E-state index is 8.89. The molecule has 0 aliphatic rings. The molecule has 0 atom stereocenters. The maximum atomic E-state index is 8.89. The van der Waals surface area contributed by atoms with Gasteiger partial charge in [-0.1, -0.05) is 17.7 Å². The molecule has 0 aliphatic carbocycles. The minimum atomic E-state index is -0.341. The van der Waals surface area contributed by atoms with E-state index in [4.69, 9.17) is 21.8 Å². The molecule has 14 heavy (non-hydrogen) atoms. The van der Waals surface area contributed by atoms with Crippen molar-refractivity contribution in [2.24, 2.45) is 0 Å². The van der Waals surface area contributed by atoms with Crippen LogP contribution in [-0.4, -0.2) is 29.5 Å². The van der Waals surface area contributed by atoms with E-state index in [1.54, 1.807) is 6.07 Å². The molecule has 0 spiro atoms. The van der Waals surface area contributed by atoms with Gasteiger partial charge in [0.15, 0.2) is 0 Å². The number of hydrogen-bond donors (Lipinski definition) is 3. The average Bonchev–Trinajstić information content (AvgIpc) is 2.20. The summed E-state index contributed by atoms with van der Waals surface area (Å²) in [6.45, 7) is 1.67. The van der Waals surface area contributed by atoms with E-state index in [0.717, 1.165) is 11.3 Å². The van der Waals surface area contributed by atoms with Gasteiger partial charge in [-0.15, -0.1) is 0 Å². The Hall–Kier alpha value is -0.770. The monoisotopic (exact) mass is 215 g/mol. The van der Waals surface area contributed by atoms with Crippen molar-refractivity contribution in [1.82, 2.24) is 0 Å². The van der Waals surface area contributed by atoms with E-state index in [2.05, 4.69) is 5.32 Å². The molecule has 78 valence electrons. The summed E-state index contributed by atoms with van der Waals surface area (Å²) < 4.78 is 0. The van der Waals surface area contributed by atoms with Gasteiger partial charge in [-0.3, -0.25) is 0 Å². The SMILES string of the molecule is Cc1c(Cl)cccc1NC(CO)CO. The van der Waals surface area contributed by atoms with E-state index in [1.807, 2.05) is 19.1 Å². The molecule has 0 heterocycles. The van der Waals surface area contributed by atoms with Crippen molar-refractivity contribution in [3.05, 3.63) is 28.8 Å². The van der Waals surface area contributed by atoms with Crippen LogP contribution in [-0.2, 0) is 0 Å². The Morgan fingerprint density at radius 3 is 2.57 bits per heavy atom. The molecule has 0 fully saturated rings. The molecule has 0 aromatic heterocycles. The van der Waals surface area contributed by atoms with Crippen molar-refractivity contribution in [2.75, 3.05) is 18.5 Å². The van der Waals surface area contributed by atoms with Crippen molar-refractivity contribution < 1.29 is 10.2 Å². The molecule has 0 unspecified atom stereocenters. The summed E-state index contributed by atoms with van der Waals surface area (Å²) >= 11 is 5.92. The van der Waals surface area contributed by atoms with E-state index in [0.29, 0.717) is 5.02 Å². The second-order valence-corrected chi connectivity index (χ2v) is 3.53. The number of rotatable bonds is 4.